The third-order valence-corrected chi connectivity index (χ3v) is 6.89. The molecule has 3 aliphatic rings. The average molecular weight is 400 g/mol. The smallest absolute Gasteiger partial charge is 0.409 e. The molecule has 0 aromatic rings. The van der Waals surface area contributed by atoms with Gasteiger partial charge in [0.1, 0.15) is 0 Å². The quantitative estimate of drug-likeness (QED) is 0.547. The molecule has 3 aliphatic heterocycles. The number of nitrogens with one attached hydrogen (secondary N) is 1. The van der Waals surface area contributed by atoms with Crippen LogP contribution in [0.1, 0.15) is 13.3 Å². The monoisotopic (exact) mass is 399 g/mol. The van der Waals surface area contributed by atoms with Crippen LogP contribution in [0.5, 0.6) is 0 Å². The van der Waals surface area contributed by atoms with E-state index in [2.05, 4.69) is 20.1 Å². The number of hydrogen-bond acceptors (Lipinski definition) is 6. The van der Waals surface area contributed by atoms with E-state index >= 15 is 0 Å². The summed E-state index contributed by atoms with van der Waals surface area (Å²) in [4.78, 5) is 23.0. The molecule has 1 amide bonds. The van der Waals surface area contributed by atoms with Crippen LogP contribution in [0.4, 0.5) is 4.79 Å². The summed E-state index contributed by atoms with van der Waals surface area (Å²) in [5.41, 5.74) is 0.192. The van der Waals surface area contributed by atoms with Crippen molar-refractivity contribution in [2.75, 3.05) is 84.2 Å². The second kappa shape index (κ2) is 9.84. The zero-order valence-corrected chi connectivity index (χ0v) is 17.4. The molecule has 0 saturated carbocycles. The van der Waals surface area contributed by atoms with Crippen molar-refractivity contribution in [1.29, 1.82) is 0 Å². The second-order valence-electron chi connectivity index (χ2n) is 7.20. The fraction of sp³-hybridized carbons (Fsp3) is 0.889. The summed E-state index contributed by atoms with van der Waals surface area (Å²) in [5, 5.41) is 3.63. The maximum absolute atomic E-state index is 11.9. The predicted octanol–water partition coefficient (Wildman–Crippen LogP) is 0.544. The molecule has 1 N–H and O–H groups in total. The third-order valence-electron chi connectivity index (χ3n) is 5.66. The summed E-state index contributed by atoms with van der Waals surface area (Å²) in [6, 6.07) is 0. The molecule has 8 nitrogen and oxygen atoms in total. The van der Waals surface area contributed by atoms with Crippen LogP contribution in [0.15, 0.2) is 4.99 Å². The molecule has 0 aliphatic carbocycles. The molecular formula is C18H33N5O3S. The van der Waals surface area contributed by atoms with Crippen molar-refractivity contribution in [3.63, 3.8) is 0 Å². The Labute approximate surface area is 166 Å². The summed E-state index contributed by atoms with van der Waals surface area (Å²) in [7, 11) is 1.84. The number of amides is 1. The highest BCUT2D eigenvalue weighted by Gasteiger charge is 2.41. The molecule has 3 saturated heterocycles. The number of morpholine rings is 1. The zero-order chi connectivity index (χ0) is 19.1. The van der Waals surface area contributed by atoms with Crippen LogP contribution in [-0.2, 0) is 9.47 Å². The number of thioether (sulfide) groups is 1. The summed E-state index contributed by atoms with van der Waals surface area (Å²) in [6.07, 6.45) is 0.993. The lowest BCUT2D eigenvalue weighted by atomic mass is 9.95. The van der Waals surface area contributed by atoms with Gasteiger partial charge in [-0.1, -0.05) is 0 Å². The van der Waals surface area contributed by atoms with E-state index in [0.717, 1.165) is 57.6 Å². The highest BCUT2D eigenvalue weighted by Crippen LogP contribution is 2.33. The number of guanidine groups is 1. The van der Waals surface area contributed by atoms with Crippen LogP contribution in [0.25, 0.3) is 0 Å². The van der Waals surface area contributed by atoms with Gasteiger partial charge in [0.15, 0.2) is 5.96 Å². The third kappa shape index (κ3) is 5.00. The Bertz CT molecular complexity index is 513. The first-order valence-electron chi connectivity index (χ1n) is 9.96. The van der Waals surface area contributed by atoms with Gasteiger partial charge in [-0.05, 0) is 19.1 Å². The highest BCUT2D eigenvalue weighted by molar-refractivity contribution is 7.99. The van der Waals surface area contributed by atoms with Crippen LogP contribution in [-0.4, -0.2) is 116 Å². The Balaban J connectivity index is 1.53. The summed E-state index contributed by atoms with van der Waals surface area (Å²) in [6.45, 7) is 9.75. The number of nitrogens with zero attached hydrogens (tertiary/aromatic N) is 4. The van der Waals surface area contributed by atoms with Crippen molar-refractivity contribution in [3.8, 4) is 0 Å². The number of hydrogen-bond donors (Lipinski definition) is 1. The largest absolute Gasteiger partial charge is 0.450 e. The Morgan fingerprint density at radius 2 is 1.89 bits per heavy atom. The Morgan fingerprint density at radius 3 is 2.48 bits per heavy atom. The van der Waals surface area contributed by atoms with Crippen molar-refractivity contribution in [3.05, 3.63) is 0 Å². The molecular weight excluding hydrogens is 366 g/mol. The minimum atomic E-state index is -0.214. The van der Waals surface area contributed by atoms with E-state index in [1.165, 1.54) is 12.2 Å². The fourth-order valence-electron chi connectivity index (χ4n) is 4.03. The number of aliphatic imine (C=N–C) groups is 1. The fourth-order valence-corrected chi connectivity index (χ4v) is 5.50. The maximum atomic E-state index is 11.9. The molecule has 0 radical (unpaired) electrons. The van der Waals surface area contributed by atoms with E-state index in [1.807, 2.05) is 25.7 Å². The maximum Gasteiger partial charge on any atom is 0.409 e. The molecule has 3 heterocycles. The second-order valence-corrected chi connectivity index (χ2v) is 8.31. The SMILES string of the molecule is CCOC(=O)N1CCN(C(=NC)NCC2(N3CCOCC3)CCSC2)CC1. The first-order chi connectivity index (χ1) is 13.2. The Kier molecular flexibility index (Phi) is 7.49. The van der Waals surface area contributed by atoms with Crippen LogP contribution in [0, 0.1) is 0 Å². The van der Waals surface area contributed by atoms with Gasteiger partial charge in [0.25, 0.3) is 0 Å². The van der Waals surface area contributed by atoms with Gasteiger partial charge in [0.05, 0.1) is 19.8 Å². The van der Waals surface area contributed by atoms with Gasteiger partial charge in [0.2, 0.25) is 0 Å². The molecule has 9 heteroatoms. The summed E-state index contributed by atoms with van der Waals surface area (Å²) in [5.74, 6) is 3.31. The molecule has 154 valence electrons. The van der Waals surface area contributed by atoms with Crippen LogP contribution in [0.3, 0.4) is 0 Å². The van der Waals surface area contributed by atoms with Gasteiger partial charge in [0, 0.05) is 64.2 Å². The van der Waals surface area contributed by atoms with Crippen molar-refractivity contribution >= 4 is 23.8 Å². The number of carbonyl (C=O) groups excluding carboxylic acids is 1. The predicted molar refractivity (Wildman–Crippen MR) is 109 cm³/mol. The van der Waals surface area contributed by atoms with Gasteiger partial charge in [-0.25, -0.2) is 4.79 Å². The minimum Gasteiger partial charge on any atom is -0.450 e. The van der Waals surface area contributed by atoms with E-state index in [4.69, 9.17) is 9.47 Å². The van der Waals surface area contributed by atoms with E-state index in [1.54, 1.807) is 4.90 Å². The molecule has 1 unspecified atom stereocenters. The van der Waals surface area contributed by atoms with Crippen molar-refractivity contribution in [2.24, 2.45) is 4.99 Å². The van der Waals surface area contributed by atoms with Gasteiger partial charge >= 0.3 is 6.09 Å². The number of carbonyl (C=O) groups is 1. The standard InChI is InChI=1S/C18H33N5O3S/c1-3-26-17(24)22-7-5-21(6-8-22)16(19-2)20-14-18(4-13-27-15-18)23-9-11-25-12-10-23/h3-15H2,1-2H3,(H,19,20). The molecule has 0 bridgehead atoms. The van der Waals surface area contributed by atoms with Crippen LogP contribution in [0.2, 0.25) is 0 Å². The van der Waals surface area contributed by atoms with Crippen molar-refractivity contribution < 1.29 is 14.3 Å². The lowest BCUT2D eigenvalue weighted by Gasteiger charge is -2.44. The normalized spacial score (nSPS) is 27.7. The van der Waals surface area contributed by atoms with E-state index < -0.39 is 0 Å². The van der Waals surface area contributed by atoms with Crippen LogP contribution >= 0.6 is 11.8 Å². The zero-order valence-electron chi connectivity index (χ0n) is 16.6. The lowest BCUT2D eigenvalue weighted by molar-refractivity contribution is -0.0122. The van der Waals surface area contributed by atoms with Crippen molar-refractivity contribution in [2.45, 2.75) is 18.9 Å². The van der Waals surface area contributed by atoms with Crippen molar-refractivity contribution in [1.82, 2.24) is 20.0 Å². The van der Waals surface area contributed by atoms with Gasteiger partial charge < -0.3 is 24.6 Å². The molecule has 3 fully saturated rings. The highest BCUT2D eigenvalue weighted by atomic mass is 32.2. The molecule has 1 atom stereocenters. The minimum absolute atomic E-state index is 0.192. The van der Waals surface area contributed by atoms with E-state index in [0.29, 0.717) is 19.7 Å². The molecule has 27 heavy (non-hydrogen) atoms. The van der Waals surface area contributed by atoms with Gasteiger partial charge in [-0.3, -0.25) is 9.89 Å². The van der Waals surface area contributed by atoms with Gasteiger partial charge in [-0.2, -0.15) is 11.8 Å². The van der Waals surface area contributed by atoms with Crippen LogP contribution < -0.4 is 5.32 Å². The van der Waals surface area contributed by atoms with E-state index in [-0.39, 0.29) is 11.6 Å². The topological polar surface area (TPSA) is 69.6 Å². The number of piperazine rings is 1. The molecule has 0 spiro atoms. The first-order valence-corrected chi connectivity index (χ1v) is 11.1. The number of ether oxygens (including phenoxy) is 2. The lowest BCUT2D eigenvalue weighted by Crippen LogP contribution is -2.61. The summed E-state index contributed by atoms with van der Waals surface area (Å²) < 4.78 is 10.7. The summed E-state index contributed by atoms with van der Waals surface area (Å²) >= 11 is 2.04. The van der Waals surface area contributed by atoms with E-state index in [9.17, 15) is 4.79 Å². The first kappa shape index (κ1) is 20.5. The molecule has 0 aromatic carbocycles. The van der Waals surface area contributed by atoms with Gasteiger partial charge in [-0.15, -0.1) is 0 Å². The molecule has 0 aromatic heterocycles. The Morgan fingerprint density at radius 1 is 1.19 bits per heavy atom. The average Bonchev–Trinajstić information content (AvgIpc) is 3.20. The number of rotatable bonds is 4. The Hall–Kier alpha value is -1.19. The molecule has 3 rings (SSSR count).